The zero-order chi connectivity index (χ0) is 13.1. The molecule has 0 unspecified atom stereocenters. The predicted octanol–water partition coefficient (Wildman–Crippen LogP) is 2.95. The average molecular weight is 252 g/mol. The third-order valence-corrected chi connectivity index (χ3v) is 3.41. The number of carbonyl (C=O) groups excluding carboxylic acids is 1. The summed E-state index contributed by atoms with van der Waals surface area (Å²) >= 11 is 0. The molecular formula is C16H16N2O. The van der Waals surface area contributed by atoms with Gasteiger partial charge in [0.2, 0.25) is 0 Å². The van der Waals surface area contributed by atoms with Crippen LogP contribution in [0.4, 0.5) is 4.79 Å². The fourth-order valence-corrected chi connectivity index (χ4v) is 2.40. The lowest BCUT2D eigenvalue weighted by molar-refractivity contribution is 0.215. The van der Waals surface area contributed by atoms with Gasteiger partial charge in [0, 0.05) is 13.1 Å². The summed E-state index contributed by atoms with van der Waals surface area (Å²) in [6.45, 7) is 1.38. The van der Waals surface area contributed by atoms with Crippen LogP contribution in [0, 0.1) is 0 Å². The molecule has 1 saturated heterocycles. The highest BCUT2D eigenvalue weighted by Gasteiger charge is 2.29. The molecule has 0 spiro atoms. The van der Waals surface area contributed by atoms with E-state index >= 15 is 0 Å². The van der Waals surface area contributed by atoms with Gasteiger partial charge < -0.3 is 10.2 Å². The number of amides is 2. The van der Waals surface area contributed by atoms with Crippen molar-refractivity contribution in [3.63, 3.8) is 0 Å². The molecule has 2 aromatic rings. The van der Waals surface area contributed by atoms with Crippen LogP contribution >= 0.6 is 0 Å². The molecule has 1 N–H and O–H groups in total. The molecular weight excluding hydrogens is 236 g/mol. The maximum absolute atomic E-state index is 12.0. The summed E-state index contributed by atoms with van der Waals surface area (Å²) in [7, 11) is 0. The number of urea groups is 1. The van der Waals surface area contributed by atoms with Gasteiger partial charge in [-0.25, -0.2) is 4.79 Å². The Morgan fingerprint density at radius 3 is 2.32 bits per heavy atom. The van der Waals surface area contributed by atoms with Crippen LogP contribution in [0.15, 0.2) is 60.7 Å². The van der Waals surface area contributed by atoms with Crippen LogP contribution in [0.3, 0.4) is 0 Å². The highest BCUT2D eigenvalue weighted by Crippen LogP contribution is 2.21. The van der Waals surface area contributed by atoms with Gasteiger partial charge in [0.25, 0.3) is 0 Å². The summed E-state index contributed by atoms with van der Waals surface area (Å²) < 4.78 is 0. The Bertz CT molecular complexity index is 553. The van der Waals surface area contributed by atoms with Gasteiger partial charge in [0.15, 0.2) is 0 Å². The Morgan fingerprint density at radius 2 is 1.63 bits per heavy atom. The number of nitrogens with one attached hydrogen (secondary N) is 1. The molecule has 0 bridgehead atoms. The van der Waals surface area contributed by atoms with E-state index in [0.717, 1.165) is 17.7 Å². The van der Waals surface area contributed by atoms with E-state index in [9.17, 15) is 4.79 Å². The smallest absolute Gasteiger partial charge is 0.318 e. The normalized spacial score (nSPS) is 18.4. The molecule has 3 rings (SSSR count). The lowest BCUT2D eigenvalue weighted by Gasteiger charge is -2.14. The number of hydrogen-bond donors (Lipinski definition) is 1. The van der Waals surface area contributed by atoms with Crippen LogP contribution in [-0.4, -0.2) is 17.5 Å². The van der Waals surface area contributed by atoms with E-state index in [-0.39, 0.29) is 12.1 Å². The van der Waals surface area contributed by atoms with E-state index < -0.39 is 0 Å². The first-order valence-electron chi connectivity index (χ1n) is 6.47. The lowest BCUT2D eigenvalue weighted by atomic mass is 10.1. The Kier molecular flexibility index (Phi) is 3.19. The Morgan fingerprint density at radius 1 is 1.00 bits per heavy atom. The summed E-state index contributed by atoms with van der Waals surface area (Å²) in [4.78, 5) is 13.8. The maximum Gasteiger partial charge on any atom is 0.318 e. The molecule has 1 aliphatic rings. The lowest BCUT2D eigenvalue weighted by Crippen LogP contribution is -2.27. The summed E-state index contributed by atoms with van der Waals surface area (Å²) in [6, 6.07) is 20.3. The van der Waals surface area contributed by atoms with Crippen molar-refractivity contribution in [1.29, 1.82) is 0 Å². The highest BCUT2D eigenvalue weighted by atomic mass is 16.2. The van der Waals surface area contributed by atoms with Crippen LogP contribution in [0.25, 0.3) is 0 Å². The van der Waals surface area contributed by atoms with Crippen LogP contribution in [0.1, 0.15) is 17.2 Å². The van der Waals surface area contributed by atoms with Crippen molar-refractivity contribution in [2.24, 2.45) is 0 Å². The molecule has 0 aliphatic carbocycles. The molecule has 1 fully saturated rings. The Hall–Kier alpha value is -2.29. The van der Waals surface area contributed by atoms with E-state index in [1.165, 1.54) is 0 Å². The Labute approximate surface area is 112 Å². The summed E-state index contributed by atoms with van der Waals surface area (Å²) in [5.74, 6) is 0. The van der Waals surface area contributed by atoms with Crippen LogP contribution < -0.4 is 5.32 Å². The molecule has 2 aromatic carbocycles. The van der Waals surface area contributed by atoms with Gasteiger partial charge in [-0.2, -0.15) is 0 Å². The number of nitrogens with zero attached hydrogens (tertiary/aromatic N) is 1. The third-order valence-electron chi connectivity index (χ3n) is 3.41. The van der Waals surface area contributed by atoms with E-state index in [1.54, 1.807) is 0 Å². The molecule has 96 valence electrons. The molecule has 19 heavy (non-hydrogen) atoms. The molecule has 3 heteroatoms. The van der Waals surface area contributed by atoms with Crippen molar-refractivity contribution in [2.45, 2.75) is 12.6 Å². The average Bonchev–Trinajstić information content (AvgIpc) is 2.82. The van der Waals surface area contributed by atoms with Gasteiger partial charge in [-0.05, 0) is 11.1 Å². The molecule has 0 radical (unpaired) electrons. The van der Waals surface area contributed by atoms with Gasteiger partial charge in [-0.1, -0.05) is 60.7 Å². The van der Waals surface area contributed by atoms with Crippen molar-refractivity contribution in [3.05, 3.63) is 71.8 Å². The van der Waals surface area contributed by atoms with E-state index in [2.05, 4.69) is 17.4 Å². The van der Waals surface area contributed by atoms with Gasteiger partial charge in [0.05, 0.1) is 6.04 Å². The number of hydrogen-bond acceptors (Lipinski definition) is 1. The van der Waals surface area contributed by atoms with Crippen LogP contribution in [-0.2, 0) is 6.54 Å². The van der Waals surface area contributed by atoms with Crippen molar-refractivity contribution in [2.75, 3.05) is 6.54 Å². The first-order valence-corrected chi connectivity index (χ1v) is 6.47. The molecule has 2 amide bonds. The van der Waals surface area contributed by atoms with E-state index in [0.29, 0.717) is 6.54 Å². The fourth-order valence-electron chi connectivity index (χ4n) is 2.40. The number of benzene rings is 2. The minimum absolute atomic E-state index is 0.0118. The quantitative estimate of drug-likeness (QED) is 0.895. The second-order valence-electron chi connectivity index (χ2n) is 4.78. The summed E-state index contributed by atoms with van der Waals surface area (Å²) in [6.07, 6.45) is 0. The van der Waals surface area contributed by atoms with Crippen LogP contribution in [0.2, 0.25) is 0 Å². The fraction of sp³-hybridized carbons (Fsp3) is 0.188. The molecule has 0 aromatic heterocycles. The highest BCUT2D eigenvalue weighted by molar-refractivity contribution is 5.77. The van der Waals surface area contributed by atoms with Crippen molar-refractivity contribution < 1.29 is 4.79 Å². The molecule has 0 saturated carbocycles. The largest absolute Gasteiger partial charge is 0.329 e. The third kappa shape index (κ3) is 2.60. The molecule has 1 aliphatic heterocycles. The number of rotatable bonds is 3. The zero-order valence-electron chi connectivity index (χ0n) is 10.6. The van der Waals surface area contributed by atoms with Gasteiger partial charge >= 0.3 is 6.03 Å². The van der Waals surface area contributed by atoms with Crippen LogP contribution in [0.5, 0.6) is 0 Å². The number of carbonyl (C=O) groups is 1. The molecule has 1 atom stereocenters. The first-order chi connectivity index (χ1) is 9.33. The standard InChI is InChI=1S/C16H16N2O/c19-16-17-15(14-9-5-2-6-10-14)12-18(16)11-13-7-3-1-4-8-13/h1-10,15H,11-12H2,(H,17,19)/t15-/m1/s1. The van der Waals surface area contributed by atoms with Crippen molar-refractivity contribution in [1.82, 2.24) is 10.2 Å². The van der Waals surface area contributed by atoms with E-state index in [1.807, 2.05) is 53.4 Å². The molecule has 3 nitrogen and oxygen atoms in total. The maximum atomic E-state index is 12.0. The van der Waals surface area contributed by atoms with Gasteiger partial charge in [-0.15, -0.1) is 0 Å². The minimum atomic E-state index is 0.0118. The summed E-state index contributed by atoms with van der Waals surface area (Å²) in [5, 5.41) is 3.03. The predicted molar refractivity (Wildman–Crippen MR) is 74.6 cm³/mol. The summed E-state index contributed by atoms with van der Waals surface area (Å²) in [5.41, 5.74) is 2.32. The van der Waals surface area contributed by atoms with Gasteiger partial charge in [-0.3, -0.25) is 0 Å². The zero-order valence-corrected chi connectivity index (χ0v) is 10.6. The Balaban J connectivity index is 1.71. The van der Waals surface area contributed by atoms with Crippen molar-refractivity contribution >= 4 is 6.03 Å². The minimum Gasteiger partial charge on any atom is -0.329 e. The topological polar surface area (TPSA) is 32.3 Å². The second kappa shape index (κ2) is 5.14. The monoisotopic (exact) mass is 252 g/mol. The van der Waals surface area contributed by atoms with Crippen molar-refractivity contribution in [3.8, 4) is 0 Å². The first kappa shape index (κ1) is 11.8. The SMILES string of the molecule is O=C1N[C@@H](c2ccccc2)CN1Cc1ccccc1. The molecule has 1 heterocycles. The second-order valence-corrected chi connectivity index (χ2v) is 4.78. The van der Waals surface area contributed by atoms with E-state index in [4.69, 9.17) is 0 Å². The van der Waals surface area contributed by atoms with Gasteiger partial charge in [0.1, 0.15) is 0 Å².